The molecule has 0 fully saturated rings. The molecule has 45 heavy (non-hydrogen) atoms. The third-order valence-corrected chi connectivity index (χ3v) is 8.08. The van der Waals surface area contributed by atoms with E-state index < -0.39 is 0 Å². The van der Waals surface area contributed by atoms with Gasteiger partial charge in [-0.05, 0) is 87.9 Å². The molecule has 0 spiro atoms. The third-order valence-electron chi connectivity index (χ3n) is 6.42. The van der Waals surface area contributed by atoms with Crippen LogP contribution in [0, 0.1) is 13.8 Å². The minimum atomic E-state index is -0.0508. The third kappa shape index (κ3) is 13.4. The van der Waals surface area contributed by atoms with Crippen molar-refractivity contribution in [2.45, 2.75) is 71.9 Å². The Bertz CT molecular complexity index is 1580. The van der Waals surface area contributed by atoms with E-state index in [-0.39, 0.29) is 16.5 Å². The van der Waals surface area contributed by atoms with Gasteiger partial charge in [-0.15, -0.1) is 23.2 Å². The Morgan fingerprint density at radius 3 is 1.56 bits per heavy atom. The fourth-order valence-corrected chi connectivity index (χ4v) is 5.33. The Morgan fingerprint density at radius 2 is 1.18 bits per heavy atom. The summed E-state index contributed by atoms with van der Waals surface area (Å²) in [5, 5.41) is 3.45. The molecular formula is C29H42Br3Cl2N7O2S2. The highest BCUT2D eigenvalue weighted by Crippen LogP contribution is 2.21. The summed E-state index contributed by atoms with van der Waals surface area (Å²) < 4.78 is 3.88. The number of hydrogen-bond donors (Lipinski definition) is 0. The van der Waals surface area contributed by atoms with Crippen LogP contribution in [0.25, 0.3) is 22.1 Å². The van der Waals surface area contributed by atoms with Gasteiger partial charge in [0.2, 0.25) is 0 Å². The largest absolute Gasteiger partial charge is 0.304 e. The highest BCUT2D eigenvalue weighted by Gasteiger charge is 2.12. The molecule has 0 amide bonds. The first-order valence-corrected chi connectivity index (χ1v) is 22.1. The lowest BCUT2D eigenvalue weighted by molar-refractivity contribution is 0.321. The molecule has 252 valence electrons. The van der Waals surface area contributed by atoms with Crippen LogP contribution >= 0.6 is 90.9 Å². The van der Waals surface area contributed by atoms with Crippen molar-refractivity contribution in [3.8, 4) is 0 Å². The average Bonchev–Trinajstić information content (AvgIpc) is 3.04. The second-order valence-corrected chi connectivity index (χ2v) is 12.0. The van der Waals surface area contributed by atoms with E-state index in [1.807, 2.05) is 40.2 Å². The number of halogens is 5. The summed E-state index contributed by atoms with van der Waals surface area (Å²) in [5.41, 5.74) is 3.17. The molecule has 0 radical (unpaired) electrons. The number of thioether (sulfide) groups is 2. The van der Waals surface area contributed by atoms with Gasteiger partial charge >= 0.3 is 0 Å². The summed E-state index contributed by atoms with van der Waals surface area (Å²) in [6.07, 6.45) is 3.85. The van der Waals surface area contributed by atoms with Gasteiger partial charge in [0.25, 0.3) is 11.1 Å². The summed E-state index contributed by atoms with van der Waals surface area (Å²) in [6.45, 7) is 19.1. The Labute approximate surface area is 308 Å². The second kappa shape index (κ2) is 24.4. The van der Waals surface area contributed by atoms with Crippen LogP contribution in [0.1, 0.15) is 46.0 Å². The van der Waals surface area contributed by atoms with E-state index in [0.717, 1.165) is 27.8 Å². The fourth-order valence-electron chi connectivity index (χ4n) is 4.07. The molecule has 16 heteroatoms. The maximum Gasteiger partial charge on any atom is 0.266 e. The van der Waals surface area contributed by atoms with Crippen molar-refractivity contribution >= 4 is 113 Å². The molecular weight excluding hydrogens is 853 g/mol. The molecule has 0 saturated carbocycles. The van der Waals surface area contributed by atoms with Crippen LogP contribution < -0.4 is 11.1 Å². The summed E-state index contributed by atoms with van der Waals surface area (Å²) in [4.78, 5) is 43.6. The lowest BCUT2D eigenvalue weighted by Crippen LogP contribution is -2.21. The van der Waals surface area contributed by atoms with Gasteiger partial charge in [0.15, 0.2) is 10.3 Å². The average molecular weight is 895 g/mol. The van der Waals surface area contributed by atoms with Gasteiger partial charge in [0.05, 0.1) is 21.2 Å². The molecule has 0 N–H and O–H groups in total. The number of hydrogen-bond acceptors (Lipinski definition) is 9. The predicted octanol–water partition coefficient (Wildman–Crippen LogP) is 8.91. The molecule has 0 saturated heterocycles. The van der Waals surface area contributed by atoms with Gasteiger partial charge in [0, 0.05) is 58.2 Å². The second-order valence-electron chi connectivity index (χ2n) is 8.74. The zero-order valence-corrected chi connectivity index (χ0v) is 35.0. The maximum absolute atomic E-state index is 12.0. The molecule has 0 aliphatic rings. The topological polar surface area (TPSA) is 98.8 Å². The minimum Gasteiger partial charge on any atom is -0.304 e. The zero-order chi connectivity index (χ0) is 34.7. The van der Waals surface area contributed by atoms with E-state index in [1.54, 1.807) is 27.3 Å². The molecule has 0 aliphatic carbocycles. The van der Waals surface area contributed by atoms with Crippen LogP contribution in [-0.2, 0) is 13.1 Å². The van der Waals surface area contributed by atoms with Crippen molar-refractivity contribution in [2.75, 3.05) is 37.5 Å². The van der Waals surface area contributed by atoms with Crippen LogP contribution in [0.2, 0.25) is 0 Å². The van der Waals surface area contributed by atoms with Crippen LogP contribution in [0.4, 0.5) is 0 Å². The molecule has 0 aromatic carbocycles. The van der Waals surface area contributed by atoms with E-state index in [2.05, 4.69) is 89.8 Å². The summed E-state index contributed by atoms with van der Waals surface area (Å²) in [6, 6.07) is 5.16. The molecule has 4 heterocycles. The quantitative estimate of drug-likeness (QED) is 0.102. The Hall–Kier alpha value is -0.740. The Balaban J connectivity index is 0.000000641. The molecule has 9 nitrogen and oxygen atoms in total. The number of nitrogens with zero attached hydrogens (tertiary/aromatic N) is 7. The normalized spacial score (nSPS) is 10.2. The highest BCUT2D eigenvalue weighted by molar-refractivity contribution is 9.93. The van der Waals surface area contributed by atoms with Crippen molar-refractivity contribution in [3.63, 3.8) is 0 Å². The van der Waals surface area contributed by atoms with E-state index in [1.165, 1.54) is 43.2 Å². The number of alkyl halides is 2. The lowest BCUT2D eigenvalue weighted by atomic mass is 10.2. The molecule has 4 aromatic rings. The molecule has 0 unspecified atom stereocenters. The smallest absolute Gasteiger partial charge is 0.266 e. The van der Waals surface area contributed by atoms with Crippen molar-refractivity contribution in [2.24, 2.45) is 0 Å². The molecule has 4 aromatic heterocycles. The van der Waals surface area contributed by atoms with E-state index in [0.29, 0.717) is 33.5 Å². The van der Waals surface area contributed by atoms with E-state index >= 15 is 0 Å². The van der Waals surface area contributed by atoms with Crippen molar-refractivity contribution in [1.82, 2.24) is 34.0 Å². The SMILES string of the molecule is BrBr.CCN(CC)CC.CCn1c(=O)c(Br)cc2c(C)nc(SC)nc21.CCn1c(=O)ccc2c(C)nc(SC)nc21.ClCCl. The zero-order valence-electron chi connectivity index (χ0n) is 27.1. The number of rotatable bonds is 7. The molecule has 0 aliphatic heterocycles. The van der Waals surface area contributed by atoms with Crippen LogP contribution in [-0.4, -0.2) is 71.5 Å². The first kappa shape index (κ1) is 44.3. The van der Waals surface area contributed by atoms with Crippen molar-refractivity contribution in [3.05, 3.63) is 54.8 Å². The maximum atomic E-state index is 12.0. The summed E-state index contributed by atoms with van der Waals surface area (Å²) in [7, 11) is 0. The van der Waals surface area contributed by atoms with Gasteiger partial charge in [-0.1, -0.05) is 44.3 Å². The summed E-state index contributed by atoms with van der Waals surface area (Å²) in [5.74, 6) is 0. The van der Waals surface area contributed by atoms with Crippen molar-refractivity contribution in [1.29, 1.82) is 0 Å². The number of aryl methyl sites for hydroxylation is 4. The Kier molecular flexibility index (Phi) is 24.0. The predicted molar refractivity (Wildman–Crippen MR) is 208 cm³/mol. The van der Waals surface area contributed by atoms with E-state index in [4.69, 9.17) is 23.2 Å². The highest BCUT2D eigenvalue weighted by atomic mass is 80.9. The van der Waals surface area contributed by atoms with Crippen LogP contribution in [0.3, 0.4) is 0 Å². The Morgan fingerprint density at radius 1 is 0.756 bits per heavy atom. The first-order valence-electron chi connectivity index (χ1n) is 14.0. The van der Waals surface area contributed by atoms with E-state index in [9.17, 15) is 9.59 Å². The lowest BCUT2D eigenvalue weighted by Gasteiger charge is -2.13. The van der Waals surface area contributed by atoms with Gasteiger partial charge in [-0.3, -0.25) is 18.7 Å². The molecule has 4 rings (SSSR count). The fraction of sp³-hybridized carbons (Fsp3) is 0.517. The monoisotopic (exact) mass is 891 g/mol. The van der Waals surface area contributed by atoms with Crippen LogP contribution in [0.5, 0.6) is 0 Å². The number of pyridine rings is 2. The standard InChI is InChI=1S/C11H12BrN3OS.C11H13N3OS.C6H15N.CH2Cl2.Br2/c1-4-15-9-7(5-8(12)10(15)16)6(2)13-11(14-9)17-3;1-4-14-9(15)6-5-8-7(2)12-11(16-3)13-10(8)14;1-4-7(5-2)6-3;2-1-3;1-2/h5H,4H2,1-3H3;5-6H,4H2,1-3H3;4-6H2,1-3H3;1H2;. The van der Waals surface area contributed by atoms with Gasteiger partial charge in [-0.25, -0.2) is 19.9 Å². The number of fused-ring (bicyclic) bond motifs is 2. The van der Waals surface area contributed by atoms with Gasteiger partial charge in [0.1, 0.15) is 11.3 Å². The molecule has 0 bridgehead atoms. The minimum absolute atomic E-state index is 0.0137. The van der Waals surface area contributed by atoms with Crippen molar-refractivity contribution < 1.29 is 0 Å². The van der Waals surface area contributed by atoms with Gasteiger partial charge < -0.3 is 4.90 Å². The first-order chi connectivity index (χ1) is 21.5. The number of aromatic nitrogens is 6. The summed E-state index contributed by atoms with van der Waals surface area (Å²) >= 11 is 21.3. The molecule has 0 atom stereocenters. The van der Waals surface area contributed by atoms with Crippen LogP contribution in [0.15, 0.2) is 42.6 Å². The van der Waals surface area contributed by atoms with Gasteiger partial charge in [-0.2, -0.15) is 0 Å².